The first kappa shape index (κ1) is 15.0. The van der Waals surface area contributed by atoms with Gasteiger partial charge in [-0.1, -0.05) is 20.8 Å². The highest BCUT2D eigenvalue weighted by Crippen LogP contribution is 2.40. The van der Waals surface area contributed by atoms with Gasteiger partial charge in [-0.2, -0.15) is 0 Å². The smallest absolute Gasteiger partial charge is 0.223 e. The molecule has 1 aromatic rings. The molecule has 0 radical (unpaired) electrons. The number of carbonyl (C=O) groups is 1. The Kier molecular flexibility index (Phi) is 3.82. The van der Waals surface area contributed by atoms with Crippen LogP contribution < -0.4 is 5.73 Å². The summed E-state index contributed by atoms with van der Waals surface area (Å²) in [5.74, 6) is 0.265. The Morgan fingerprint density at radius 3 is 2.62 bits per heavy atom. The number of rotatable bonds is 2. The van der Waals surface area contributed by atoms with Gasteiger partial charge in [0.15, 0.2) is 0 Å². The van der Waals surface area contributed by atoms with Crippen LogP contribution in [0.2, 0.25) is 0 Å². The van der Waals surface area contributed by atoms with Crippen LogP contribution in [-0.4, -0.2) is 27.9 Å². The first-order chi connectivity index (χ1) is 9.88. The molecule has 3 rings (SSSR count). The fourth-order valence-electron chi connectivity index (χ4n) is 3.05. The molecule has 1 saturated heterocycles. The fraction of sp³-hybridized carbons (Fsp3) is 0.750. The van der Waals surface area contributed by atoms with Crippen molar-refractivity contribution in [1.82, 2.24) is 9.88 Å². The van der Waals surface area contributed by atoms with Crippen LogP contribution in [0.1, 0.15) is 69.6 Å². The van der Waals surface area contributed by atoms with E-state index < -0.39 is 0 Å². The van der Waals surface area contributed by atoms with Crippen LogP contribution in [-0.2, 0) is 10.2 Å². The van der Waals surface area contributed by atoms with E-state index in [0.29, 0.717) is 12.5 Å². The molecule has 2 aliphatic rings. The second-order valence-electron chi connectivity index (χ2n) is 7.36. The van der Waals surface area contributed by atoms with Crippen molar-refractivity contribution in [2.75, 3.05) is 0 Å². The Hall–Kier alpha value is -0.940. The van der Waals surface area contributed by atoms with Gasteiger partial charge in [-0.05, 0) is 25.7 Å². The molecule has 2 unspecified atom stereocenters. The number of carbonyl (C=O) groups excluding carboxylic acids is 1. The molecule has 4 nitrogen and oxygen atoms in total. The van der Waals surface area contributed by atoms with Gasteiger partial charge in [-0.25, -0.2) is 4.98 Å². The third-order valence-corrected chi connectivity index (χ3v) is 5.61. The number of hydrogen-bond donors (Lipinski definition) is 1. The van der Waals surface area contributed by atoms with Crippen molar-refractivity contribution in [2.45, 2.75) is 76.4 Å². The molecule has 2 fully saturated rings. The van der Waals surface area contributed by atoms with Crippen molar-refractivity contribution in [2.24, 2.45) is 5.73 Å². The van der Waals surface area contributed by atoms with Crippen molar-refractivity contribution in [3.05, 3.63) is 16.1 Å². The summed E-state index contributed by atoms with van der Waals surface area (Å²) >= 11 is 1.69. The van der Waals surface area contributed by atoms with E-state index in [4.69, 9.17) is 10.7 Å². The molecule has 2 atom stereocenters. The molecule has 1 aliphatic carbocycles. The molecule has 0 spiro atoms. The summed E-state index contributed by atoms with van der Waals surface area (Å²) < 4.78 is 0. The minimum absolute atomic E-state index is 0.00645. The molecule has 1 amide bonds. The van der Waals surface area contributed by atoms with E-state index in [9.17, 15) is 4.79 Å². The predicted octanol–water partition coefficient (Wildman–Crippen LogP) is 2.98. The summed E-state index contributed by atoms with van der Waals surface area (Å²) in [6.45, 7) is 6.52. The van der Waals surface area contributed by atoms with Crippen LogP contribution in [0, 0.1) is 0 Å². The van der Waals surface area contributed by atoms with E-state index in [2.05, 4.69) is 31.1 Å². The van der Waals surface area contributed by atoms with Gasteiger partial charge in [0, 0.05) is 29.3 Å². The van der Waals surface area contributed by atoms with E-state index in [-0.39, 0.29) is 23.4 Å². The van der Waals surface area contributed by atoms with Gasteiger partial charge in [0.25, 0.3) is 0 Å². The lowest BCUT2D eigenvalue weighted by atomic mass is 9.97. The van der Waals surface area contributed by atoms with Crippen LogP contribution in [0.15, 0.2) is 5.38 Å². The zero-order valence-electron chi connectivity index (χ0n) is 13.1. The normalized spacial score (nSPS) is 27.8. The third-order valence-electron chi connectivity index (χ3n) is 4.33. The largest absolute Gasteiger partial charge is 0.329 e. The van der Waals surface area contributed by atoms with E-state index >= 15 is 0 Å². The highest BCUT2D eigenvalue weighted by atomic mass is 32.1. The van der Waals surface area contributed by atoms with Gasteiger partial charge in [-0.15, -0.1) is 11.3 Å². The molecule has 5 heteroatoms. The molecular formula is C16H25N3OS. The molecule has 1 aromatic heterocycles. The molecule has 1 aliphatic heterocycles. The second-order valence-corrected chi connectivity index (χ2v) is 8.22. The fourth-order valence-corrected chi connectivity index (χ4v) is 3.99. The third kappa shape index (κ3) is 2.99. The number of nitrogens with zero attached hydrogens (tertiary/aromatic N) is 2. The SMILES string of the molecule is CC(C)(C)c1nc(C2C(N)CCCC(=O)N2C2CC2)cs1. The first-order valence-electron chi connectivity index (χ1n) is 7.90. The highest BCUT2D eigenvalue weighted by molar-refractivity contribution is 7.09. The van der Waals surface area contributed by atoms with Gasteiger partial charge in [-0.3, -0.25) is 4.79 Å². The van der Waals surface area contributed by atoms with Gasteiger partial charge < -0.3 is 10.6 Å². The van der Waals surface area contributed by atoms with Crippen LogP contribution in [0.4, 0.5) is 0 Å². The molecule has 2 N–H and O–H groups in total. The average molecular weight is 307 g/mol. The van der Waals surface area contributed by atoms with Crippen LogP contribution in [0.25, 0.3) is 0 Å². The minimum atomic E-state index is -0.0279. The number of hydrogen-bond acceptors (Lipinski definition) is 4. The predicted molar refractivity (Wildman–Crippen MR) is 85.2 cm³/mol. The first-order valence-corrected chi connectivity index (χ1v) is 8.78. The lowest BCUT2D eigenvalue weighted by Gasteiger charge is -2.32. The Bertz CT molecular complexity index is 530. The van der Waals surface area contributed by atoms with Gasteiger partial charge in [0.1, 0.15) is 0 Å². The van der Waals surface area contributed by atoms with Gasteiger partial charge in [0.05, 0.1) is 16.7 Å². The molecule has 116 valence electrons. The lowest BCUT2D eigenvalue weighted by Crippen LogP contribution is -2.43. The van der Waals surface area contributed by atoms with E-state index in [1.54, 1.807) is 11.3 Å². The minimum Gasteiger partial charge on any atom is -0.329 e. The quantitative estimate of drug-likeness (QED) is 0.913. The van der Waals surface area contributed by atoms with Gasteiger partial charge >= 0.3 is 0 Å². The van der Waals surface area contributed by atoms with Crippen molar-refractivity contribution in [1.29, 1.82) is 0 Å². The molecule has 2 heterocycles. The summed E-state index contributed by atoms with van der Waals surface area (Å²) in [6.07, 6.45) is 4.67. The maximum Gasteiger partial charge on any atom is 0.223 e. The van der Waals surface area contributed by atoms with Crippen molar-refractivity contribution < 1.29 is 4.79 Å². The maximum atomic E-state index is 12.5. The summed E-state index contributed by atoms with van der Waals surface area (Å²) in [6, 6.07) is 0.373. The summed E-state index contributed by atoms with van der Waals surface area (Å²) in [7, 11) is 0. The zero-order chi connectivity index (χ0) is 15.2. The number of aromatic nitrogens is 1. The molecule has 21 heavy (non-hydrogen) atoms. The van der Waals surface area contributed by atoms with E-state index in [0.717, 1.165) is 36.4 Å². The van der Waals surface area contributed by atoms with Crippen molar-refractivity contribution in [3.8, 4) is 0 Å². The van der Waals surface area contributed by atoms with E-state index in [1.165, 1.54) is 0 Å². The number of likely N-dealkylation sites (tertiary alicyclic amines) is 1. The Balaban J connectivity index is 1.95. The van der Waals surface area contributed by atoms with E-state index in [1.807, 2.05) is 0 Å². The average Bonchev–Trinajstić information content (AvgIpc) is 3.11. The van der Waals surface area contributed by atoms with Crippen molar-refractivity contribution in [3.63, 3.8) is 0 Å². The monoisotopic (exact) mass is 307 g/mol. The lowest BCUT2D eigenvalue weighted by molar-refractivity contribution is -0.134. The highest BCUT2D eigenvalue weighted by Gasteiger charge is 2.42. The summed E-state index contributed by atoms with van der Waals surface area (Å²) in [5, 5.41) is 3.23. The van der Waals surface area contributed by atoms with Crippen LogP contribution >= 0.6 is 11.3 Å². The van der Waals surface area contributed by atoms with Crippen molar-refractivity contribution >= 4 is 17.2 Å². The Morgan fingerprint density at radius 1 is 1.33 bits per heavy atom. The number of amides is 1. The number of thiazole rings is 1. The Labute approximate surface area is 130 Å². The Morgan fingerprint density at radius 2 is 2.05 bits per heavy atom. The number of nitrogens with two attached hydrogens (primary N) is 1. The summed E-state index contributed by atoms with van der Waals surface area (Å²) in [4.78, 5) is 19.4. The second kappa shape index (κ2) is 5.36. The zero-order valence-corrected chi connectivity index (χ0v) is 13.9. The van der Waals surface area contributed by atoms with Gasteiger partial charge in [0.2, 0.25) is 5.91 Å². The molecule has 0 bridgehead atoms. The molecule has 0 aromatic carbocycles. The topological polar surface area (TPSA) is 59.2 Å². The molecular weight excluding hydrogens is 282 g/mol. The van der Waals surface area contributed by atoms with Crippen LogP contribution in [0.5, 0.6) is 0 Å². The molecule has 1 saturated carbocycles. The maximum absolute atomic E-state index is 12.5. The van der Waals surface area contributed by atoms with Crippen LogP contribution in [0.3, 0.4) is 0 Å². The standard InChI is InChI=1S/C16H25N3OS/c1-16(2,3)15-18-12(9-21-15)14-11(17)5-4-6-13(20)19(14)10-7-8-10/h9-11,14H,4-8,17H2,1-3H3. The summed E-state index contributed by atoms with van der Waals surface area (Å²) in [5.41, 5.74) is 7.47.